The molecule has 0 bridgehead atoms. The van der Waals surface area contributed by atoms with Gasteiger partial charge in [0.2, 0.25) is 10.0 Å². The van der Waals surface area contributed by atoms with E-state index in [0.29, 0.717) is 18.0 Å². The molecule has 0 spiro atoms. The highest BCUT2D eigenvalue weighted by Gasteiger charge is 2.25. The second kappa shape index (κ2) is 5.08. The zero-order valence-corrected chi connectivity index (χ0v) is 11.8. The van der Waals surface area contributed by atoms with E-state index in [9.17, 15) is 8.42 Å². The molecule has 1 aliphatic rings. The number of nitrogens with zero attached hydrogens (tertiary/aromatic N) is 1. The molecule has 88 valence electrons. The quantitative estimate of drug-likeness (QED) is 0.838. The molecular weight excluding hydrogens is 310 g/mol. The van der Waals surface area contributed by atoms with Crippen LogP contribution in [0, 0.1) is 0 Å². The molecule has 1 aromatic rings. The molecule has 3 nitrogen and oxygen atoms in total. The third kappa shape index (κ3) is 2.61. The Balaban J connectivity index is 2.30. The highest BCUT2D eigenvalue weighted by molar-refractivity contribution is 9.10. The normalized spacial score (nSPS) is 18.6. The van der Waals surface area contributed by atoms with Crippen molar-refractivity contribution >= 4 is 37.7 Å². The average molecular weight is 322 g/mol. The second-order valence-corrected chi connectivity index (χ2v) is 7.55. The smallest absolute Gasteiger partial charge is 0.207 e. The van der Waals surface area contributed by atoms with Crippen LogP contribution in [0.15, 0.2) is 33.6 Å². The predicted molar refractivity (Wildman–Crippen MR) is 70.2 cm³/mol. The van der Waals surface area contributed by atoms with E-state index >= 15 is 0 Å². The molecule has 1 aromatic carbocycles. The SMILES string of the molecule is O=S(=O)(c1cccc(Br)c1)N1CCSCC1. The van der Waals surface area contributed by atoms with E-state index in [-0.39, 0.29) is 0 Å². The lowest BCUT2D eigenvalue weighted by Gasteiger charge is -2.25. The van der Waals surface area contributed by atoms with E-state index in [1.165, 1.54) is 0 Å². The van der Waals surface area contributed by atoms with Gasteiger partial charge in [0.15, 0.2) is 0 Å². The van der Waals surface area contributed by atoms with Crippen LogP contribution < -0.4 is 0 Å². The largest absolute Gasteiger partial charge is 0.243 e. The van der Waals surface area contributed by atoms with Gasteiger partial charge >= 0.3 is 0 Å². The molecule has 0 amide bonds. The summed E-state index contributed by atoms with van der Waals surface area (Å²) in [5.74, 6) is 1.76. The summed E-state index contributed by atoms with van der Waals surface area (Å²) in [4.78, 5) is 0.369. The molecule has 0 saturated carbocycles. The summed E-state index contributed by atoms with van der Waals surface area (Å²) in [6, 6.07) is 6.86. The number of rotatable bonds is 2. The van der Waals surface area contributed by atoms with Crippen molar-refractivity contribution in [3.63, 3.8) is 0 Å². The van der Waals surface area contributed by atoms with E-state index in [2.05, 4.69) is 15.9 Å². The number of sulfonamides is 1. The highest BCUT2D eigenvalue weighted by atomic mass is 79.9. The molecule has 0 radical (unpaired) electrons. The van der Waals surface area contributed by atoms with Crippen molar-refractivity contribution < 1.29 is 8.42 Å². The molecule has 2 rings (SSSR count). The van der Waals surface area contributed by atoms with Crippen LogP contribution in [0.3, 0.4) is 0 Å². The number of halogens is 1. The Kier molecular flexibility index (Phi) is 3.94. The van der Waals surface area contributed by atoms with Crippen LogP contribution in [0.5, 0.6) is 0 Å². The number of benzene rings is 1. The van der Waals surface area contributed by atoms with Gasteiger partial charge in [-0.3, -0.25) is 0 Å². The Bertz CT molecular complexity index is 469. The Morgan fingerprint density at radius 2 is 1.94 bits per heavy atom. The van der Waals surface area contributed by atoms with E-state index in [1.807, 2.05) is 6.07 Å². The third-order valence-electron chi connectivity index (χ3n) is 2.40. The Morgan fingerprint density at radius 3 is 2.56 bits per heavy atom. The molecule has 0 N–H and O–H groups in total. The minimum Gasteiger partial charge on any atom is -0.207 e. The van der Waals surface area contributed by atoms with Crippen LogP contribution in [-0.4, -0.2) is 37.3 Å². The van der Waals surface area contributed by atoms with Crippen molar-refractivity contribution in [1.29, 1.82) is 0 Å². The molecule has 0 aliphatic carbocycles. The summed E-state index contributed by atoms with van der Waals surface area (Å²) < 4.78 is 26.8. The van der Waals surface area contributed by atoms with Gasteiger partial charge in [0.05, 0.1) is 4.90 Å². The van der Waals surface area contributed by atoms with E-state index in [0.717, 1.165) is 16.0 Å². The molecule has 6 heteroatoms. The van der Waals surface area contributed by atoms with Crippen molar-refractivity contribution in [1.82, 2.24) is 4.31 Å². The van der Waals surface area contributed by atoms with Crippen LogP contribution in [0.2, 0.25) is 0 Å². The summed E-state index contributed by atoms with van der Waals surface area (Å²) in [7, 11) is -3.29. The number of hydrogen-bond acceptors (Lipinski definition) is 3. The minimum absolute atomic E-state index is 0.369. The summed E-state index contributed by atoms with van der Waals surface area (Å²) in [5, 5.41) is 0. The molecule has 0 aromatic heterocycles. The van der Waals surface area contributed by atoms with Crippen LogP contribution in [0.25, 0.3) is 0 Å². The lowest BCUT2D eigenvalue weighted by Crippen LogP contribution is -2.37. The lowest BCUT2D eigenvalue weighted by atomic mass is 10.4. The fraction of sp³-hybridized carbons (Fsp3) is 0.400. The Hall–Kier alpha value is -0.0400. The van der Waals surface area contributed by atoms with E-state index < -0.39 is 10.0 Å². The maximum absolute atomic E-state index is 12.2. The summed E-state index contributed by atoms with van der Waals surface area (Å²) in [6.45, 7) is 1.22. The van der Waals surface area contributed by atoms with Gasteiger partial charge in [-0.15, -0.1) is 0 Å². The van der Waals surface area contributed by atoms with Crippen molar-refractivity contribution in [3.8, 4) is 0 Å². The van der Waals surface area contributed by atoms with E-state index in [1.54, 1.807) is 34.3 Å². The van der Waals surface area contributed by atoms with Crippen LogP contribution in [-0.2, 0) is 10.0 Å². The number of hydrogen-bond donors (Lipinski definition) is 0. The van der Waals surface area contributed by atoms with Crippen LogP contribution >= 0.6 is 27.7 Å². The van der Waals surface area contributed by atoms with Crippen molar-refractivity contribution in [2.24, 2.45) is 0 Å². The summed E-state index contributed by atoms with van der Waals surface area (Å²) in [6.07, 6.45) is 0. The summed E-state index contributed by atoms with van der Waals surface area (Å²) in [5.41, 5.74) is 0. The van der Waals surface area contributed by atoms with Gasteiger partial charge in [-0.1, -0.05) is 22.0 Å². The third-order valence-corrected chi connectivity index (χ3v) is 5.73. The van der Waals surface area contributed by atoms with Gasteiger partial charge in [-0.05, 0) is 18.2 Å². The van der Waals surface area contributed by atoms with Gasteiger partial charge in [-0.2, -0.15) is 16.1 Å². The van der Waals surface area contributed by atoms with E-state index in [4.69, 9.17) is 0 Å². The standard InChI is InChI=1S/C10H12BrNO2S2/c11-9-2-1-3-10(8-9)16(13,14)12-4-6-15-7-5-12/h1-3,8H,4-7H2. The minimum atomic E-state index is -3.29. The first-order chi connectivity index (χ1) is 7.60. The molecule has 1 fully saturated rings. The molecule has 1 aliphatic heterocycles. The fourth-order valence-corrected chi connectivity index (χ4v) is 4.74. The molecule has 0 atom stereocenters. The topological polar surface area (TPSA) is 37.4 Å². The number of thioether (sulfide) groups is 1. The zero-order chi connectivity index (χ0) is 11.6. The van der Waals surface area contributed by atoms with Gasteiger partial charge in [0.1, 0.15) is 0 Å². The van der Waals surface area contributed by atoms with Gasteiger partial charge < -0.3 is 0 Å². The van der Waals surface area contributed by atoms with Crippen molar-refractivity contribution in [2.45, 2.75) is 4.90 Å². The Labute approximate surface area is 108 Å². The van der Waals surface area contributed by atoms with Gasteiger partial charge in [0.25, 0.3) is 0 Å². The molecule has 1 heterocycles. The lowest BCUT2D eigenvalue weighted by molar-refractivity contribution is 0.443. The van der Waals surface area contributed by atoms with Crippen LogP contribution in [0.1, 0.15) is 0 Å². The predicted octanol–water partition coefficient (Wildman–Crippen LogP) is 2.19. The van der Waals surface area contributed by atoms with Crippen molar-refractivity contribution in [3.05, 3.63) is 28.7 Å². The maximum atomic E-state index is 12.2. The fourth-order valence-electron chi connectivity index (χ4n) is 1.56. The highest BCUT2D eigenvalue weighted by Crippen LogP contribution is 2.22. The van der Waals surface area contributed by atoms with Gasteiger partial charge in [0, 0.05) is 29.1 Å². The average Bonchev–Trinajstić information content (AvgIpc) is 2.30. The zero-order valence-electron chi connectivity index (χ0n) is 8.60. The molecule has 1 saturated heterocycles. The van der Waals surface area contributed by atoms with Crippen LogP contribution in [0.4, 0.5) is 0 Å². The summed E-state index contributed by atoms with van der Waals surface area (Å²) >= 11 is 5.09. The first-order valence-corrected chi connectivity index (χ1v) is 8.33. The molecule has 0 unspecified atom stereocenters. The second-order valence-electron chi connectivity index (χ2n) is 3.47. The molecule has 16 heavy (non-hydrogen) atoms. The molecular formula is C10H12BrNO2S2. The maximum Gasteiger partial charge on any atom is 0.243 e. The van der Waals surface area contributed by atoms with Gasteiger partial charge in [-0.25, -0.2) is 8.42 Å². The first-order valence-electron chi connectivity index (χ1n) is 4.94. The monoisotopic (exact) mass is 321 g/mol. The Morgan fingerprint density at radius 1 is 1.25 bits per heavy atom. The first kappa shape index (κ1) is 12.4. The van der Waals surface area contributed by atoms with Crippen molar-refractivity contribution in [2.75, 3.05) is 24.6 Å².